The van der Waals surface area contributed by atoms with Gasteiger partial charge in [-0.25, -0.2) is 0 Å². The van der Waals surface area contributed by atoms with E-state index in [1.165, 1.54) is 25.7 Å². The van der Waals surface area contributed by atoms with Gasteiger partial charge in [-0.3, -0.25) is 4.79 Å². The van der Waals surface area contributed by atoms with Crippen LogP contribution in [0.2, 0.25) is 0 Å². The number of nitrogens with one attached hydrogen (secondary N) is 1. The van der Waals surface area contributed by atoms with Crippen LogP contribution in [0.1, 0.15) is 39.0 Å². The van der Waals surface area contributed by atoms with Crippen LogP contribution in [0.25, 0.3) is 11.5 Å². The zero-order valence-corrected chi connectivity index (χ0v) is 14.6. The molecular weight excluding hydrogens is 316 g/mol. The van der Waals surface area contributed by atoms with Gasteiger partial charge in [0.25, 0.3) is 0 Å². The molecule has 1 amide bonds. The van der Waals surface area contributed by atoms with Crippen LogP contribution in [0.15, 0.2) is 34.7 Å². The number of nitrogens with zero attached hydrogens (tertiary/aromatic N) is 3. The molecule has 132 valence electrons. The van der Waals surface area contributed by atoms with Crippen molar-refractivity contribution in [2.75, 3.05) is 18.4 Å². The zero-order valence-electron chi connectivity index (χ0n) is 14.6. The highest BCUT2D eigenvalue weighted by Crippen LogP contribution is 2.45. The Kier molecular flexibility index (Phi) is 4.19. The molecule has 2 fully saturated rings. The maximum atomic E-state index is 12.7. The first-order valence-electron chi connectivity index (χ1n) is 9.10. The Hall–Kier alpha value is -2.37. The van der Waals surface area contributed by atoms with Gasteiger partial charge in [-0.2, -0.15) is 0 Å². The van der Waals surface area contributed by atoms with Gasteiger partial charge < -0.3 is 14.6 Å². The second-order valence-corrected chi connectivity index (χ2v) is 7.36. The summed E-state index contributed by atoms with van der Waals surface area (Å²) >= 11 is 0. The van der Waals surface area contributed by atoms with E-state index in [1.54, 1.807) is 0 Å². The first-order valence-corrected chi connectivity index (χ1v) is 9.10. The zero-order chi connectivity index (χ0) is 17.3. The number of carbonyl (C=O) groups excluding carboxylic acids is 1. The maximum absolute atomic E-state index is 12.7. The van der Waals surface area contributed by atoms with Crippen LogP contribution in [0.4, 0.5) is 6.01 Å². The lowest BCUT2D eigenvalue weighted by molar-refractivity contribution is -0.131. The summed E-state index contributed by atoms with van der Waals surface area (Å²) in [5.41, 5.74) is 1.25. The minimum atomic E-state index is -0.374. The second kappa shape index (κ2) is 6.50. The van der Waals surface area contributed by atoms with Gasteiger partial charge in [-0.1, -0.05) is 36.1 Å². The number of carbonyl (C=O) groups is 1. The van der Waals surface area contributed by atoms with E-state index in [4.69, 9.17) is 4.42 Å². The first kappa shape index (κ1) is 16.1. The number of aromatic nitrogens is 2. The van der Waals surface area contributed by atoms with Gasteiger partial charge in [0.05, 0.1) is 0 Å². The predicted molar refractivity (Wildman–Crippen MR) is 94.9 cm³/mol. The lowest BCUT2D eigenvalue weighted by Crippen LogP contribution is -2.41. The van der Waals surface area contributed by atoms with Crippen LogP contribution in [-0.4, -0.2) is 40.1 Å². The van der Waals surface area contributed by atoms with E-state index in [9.17, 15) is 4.79 Å². The summed E-state index contributed by atoms with van der Waals surface area (Å²) in [6.45, 7) is 3.62. The topological polar surface area (TPSA) is 71.3 Å². The number of rotatable bonds is 4. The van der Waals surface area contributed by atoms with E-state index < -0.39 is 0 Å². The summed E-state index contributed by atoms with van der Waals surface area (Å²) in [6, 6.07) is 9.52. The second-order valence-electron chi connectivity index (χ2n) is 7.36. The molecule has 2 aliphatic rings. The summed E-state index contributed by atoms with van der Waals surface area (Å²) in [5, 5.41) is 11.1. The van der Waals surface area contributed by atoms with Gasteiger partial charge in [-0.15, -0.1) is 5.10 Å². The average Bonchev–Trinajstić information content (AvgIpc) is 3.38. The summed E-state index contributed by atoms with van der Waals surface area (Å²) < 4.78 is 5.64. The molecule has 2 aromatic rings. The van der Waals surface area contributed by atoms with Crippen LogP contribution in [0.5, 0.6) is 0 Å². The van der Waals surface area contributed by atoms with E-state index in [0.29, 0.717) is 11.3 Å². The predicted octanol–water partition coefficient (Wildman–Crippen LogP) is 3.33. The fourth-order valence-corrected chi connectivity index (χ4v) is 4.16. The van der Waals surface area contributed by atoms with Crippen LogP contribution >= 0.6 is 0 Å². The highest BCUT2D eigenvalue weighted by molar-refractivity contribution is 5.84. The van der Waals surface area contributed by atoms with Gasteiger partial charge in [0.2, 0.25) is 11.8 Å². The van der Waals surface area contributed by atoms with Crippen molar-refractivity contribution in [3.05, 3.63) is 30.3 Å². The summed E-state index contributed by atoms with van der Waals surface area (Å²) in [7, 11) is 0. The molecule has 6 nitrogen and oxygen atoms in total. The highest BCUT2D eigenvalue weighted by Gasteiger charge is 2.42. The van der Waals surface area contributed by atoms with Crippen molar-refractivity contribution < 1.29 is 9.21 Å². The van der Waals surface area contributed by atoms with Crippen molar-refractivity contribution in [3.8, 4) is 11.5 Å². The molecule has 2 heterocycles. The van der Waals surface area contributed by atoms with E-state index in [-0.39, 0.29) is 18.0 Å². The van der Waals surface area contributed by atoms with Crippen LogP contribution in [0, 0.1) is 5.41 Å². The van der Waals surface area contributed by atoms with Gasteiger partial charge in [0, 0.05) is 18.7 Å². The minimum Gasteiger partial charge on any atom is -0.403 e. The summed E-state index contributed by atoms with van der Waals surface area (Å²) in [4.78, 5) is 14.7. The van der Waals surface area contributed by atoms with E-state index in [0.717, 1.165) is 25.1 Å². The number of anilines is 1. The fraction of sp³-hybridized carbons (Fsp3) is 0.526. The number of amides is 1. The minimum absolute atomic E-state index is 0.114. The molecule has 1 spiro atoms. The average molecular weight is 340 g/mol. The normalized spacial score (nSPS) is 20.1. The smallest absolute Gasteiger partial charge is 0.316 e. The van der Waals surface area contributed by atoms with E-state index in [1.807, 2.05) is 42.2 Å². The summed E-state index contributed by atoms with van der Waals surface area (Å²) in [6.07, 6.45) is 6.29. The molecule has 1 aliphatic carbocycles. The lowest BCUT2D eigenvalue weighted by atomic mass is 9.86. The maximum Gasteiger partial charge on any atom is 0.316 e. The molecule has 1 aliphatic heterocycles. The standard InChI is InChI=1S/C19H24N4O2/c1-14(17(24)23-12-11-19(13-23)9-5-6-10-19)20-18-22-21-16(25-18)15-7-3-2-4-8-15/h2-4,7-8,14H,5-6,9-13H2,1H3,(H,20,22)/t14-/m1/s1. The fourth-order valence-electron chi connectivity index (χ4n) is 4.16. The Balaban J connectivity index is 1.38. The quantitative estimate of drug-likeness (QED) is 0.924. The molecule has 1 atom stereocenters. The van der Waals surface area contributed by atoms with Crippen molar-refractivity contribution in [3.63, 3.8) is 0 Å². The Morgan fingerprint density at radius 3 is 2.72 bits per heavy atom. The van der Waals surface area contributed by atoms with Crippen molar-refractivity contribution in [2.24, 2.45) is 5.41 Å². The van der Waals surface area contributed by atoms with Gasteiger partial charge in [0.15, 0.2) is 0 Å². The lowest BCUT2D eigenvalue weighted by Gasteiger charge is -2.25. The third-order valence-corrected chi connectivity index (χ3v) is 5.57. The van der Waals surface area contributed by atoms with Gasteiger partial charge in [0.1, 0.15) is 6.04 Å². The molecule has 1 aromatic heterocycles. The largest absolute Gasteiger partial charge is 0.403 e. The number of hydrogen-bond donors (Lipinski definition) is 1. The number of benzene rings is 1. The van der Waals surface area contributed by atoms with Gasteiger partial charge >= 0.3 is 6.01 Å². The van der Waals surface area contributed by atoms with E-state index >= 15 is 0 Å². The van der Waals surface area contributed by atoms with Gasteiger partial charge in [-0.05, 0) is 43.7 Å². The number of hydrogen-bond acceptors (Lipinski definition) is 5. The van der Waals surface area contributed by atoms with Crippen molar-refractivity contribution in [1.82, 2.24) is 15.1 Å². The Morgan fingerprint density at radius 1 is 1.20 bits per heavy atom. The van der Waals surface area contributed by atoms with Crippen molar-refractivity contribution in [1.29, 1.82) is 0 Å². The molecule has 1 aromatic carbocycles. The third-order valence-electron chi connectivity index (χ3n) is 5.57. The van der Waals surface area contributed by atoms with Crippen molar-refractivity contribution >= 4 is 11.9 Å². The van der Waals surface area contributed by atoms with Crippen molar-refractivity contribution in [2.45, 2.75) is 45.1 Å². The molecule has 0 radical (unpaired) electrons. The van der Waals surface area contributed by atoms with Crippen LogP contribution in [0.3, 0.4) is 0 Å². The Bertz CT molecular complexity index is 737. The molecule has 1 saturated heterocycles. The Labute approximate surface area is 147 Å². The van der Waals surface area contributed by atoms with Crippen LogP contribution < -0.4 is 5.32 Å². The molecule has 0 unspecified atom stereocenters. The molecule has 0 bridgehead atoms. The molecule has 1 N–H and O–H groups in total. The molecule has 25 heavy (non-hydrogen) atoms. The molecule has 1 saturated carbocycles. The third kappa shape index (κ3) is 3.25. The van der Waals surface area contributed by atoms with E-state index in [2.05, 4.69) is 15.5 Å². The Morgan fingerprint density at radius 2 is 1.96 bits per heavy atom. The summed E-state index contributed by atoms with van der Waals surface area (Å²) in [5.74, 6) is 0.567. The first-order chi connectivity index (χ1) is 12.2. The number of likely N-dealkylation sites (tertiary alicyclic amines) is 1. The highest BCUT2D eigenvalue weighted by atomic mass is 16.4. The molecular formula is C19H24N4O2. The van der Waals surface area contributed by atoms with Crippen LogP contribution in [-0.2, 0) is 4.79 Å². The molecule has 4 rings (SSSR count). The monoisotopic (exact) mass is 340 g/mol. The molecule has 6 heteroatoms. The SMILES string of the molecule is C[C@@H](Nc1nnc(-c2ccccc2)o1)C(=O)N1CCC2(CCCC2)C1.